The first kappa shape index (κ1) is 10.6. The quantitative estimate of drug-likeness (QED) is 0.774. The fourth-order valence-electron chi connectivity index (χ4n) is 1.21. The second-order valence-electron chi connectivity index (χ2n) is 3.90. The van der Waals surface area contributed by atoms with E-state index in [-0.39, 0.29) is 5.92 Å². The highest BCUT2D eigenvalue weighted by atomic mass is 35.5. The molecule has 1 rings (SSSR count). The third kappa shape index (κ3) is 2.45. The molecule has 2 heteroatoms. The Bertz CT molecular complexity index is 288. The molecule has 0 radical (unpaired) electrons. The molecule has 0 saturated carbocycles. The lowest BCUT2D eigenvalue weighted by Gasteiger charge is -2.26. The van der Waals surface area contributed by atoms with Crippen LogP contribution in [-0.2, 0) is 0 Å². The van der Waals surface area contributed by atoms with Crippen LogP contribution in [0.15, 0.2) is 24.3 Å². The van der Waals surface area contributed by atoms with Crippen LogP contribution >= 0.6 is 11.6 Å². The van der Waals surface area contributed by atoms with Crippen molar-refractivity contribution in [2.24, 2.45) is 0 Å². The molecular formula is C11H15ClO. The SMILES string of the molecule is CC(c1ccccc1Cl)C(C)(C)O. The normalized spacial score (nSPS) is 14.2. The zero-order valence-corrected chi connectivity index (χ0v) is 8.97. The summed E-state index contributed by atoms with van der Waals surface area (Å²) in [7, 11) is 0. The van der Waals surface area contributed by atoms with Crippen molar-refractivity contribution < 1.29 is 5.11 Å². The Morgan fingerprint density at radius 2 is 1.85 bits per heavy atom. The molecule has 72 valence electrons. The Labute approximate surface area is 84.4 Å². The number of hydrogen-bond donors (Lipinski definition) is 1. The number of hydrogen-bond acceptors (Lipinski definition) is 1. The zero-order valence-electron chi connectivity index (χ0n) is 8.21. The molecule has 13 heavy (non-hydrogen) atoms. The molecule has 0 fully saturated rings. The van der Waals surface area contributed by atoms with Gasteiger partial charge in [-0.05, 0) is 25.5 Å². The summed E-state index contributed by atoms with van der Waals surface area (Å²) in [5.41, 5.74) is 0.266. The highest BCUT2D eigenvalue weighted by Gasteiger charge is 2.25. The van der Waals surface area contributed by atoms with E-state index >= 15 is 0 Å². The van der Waals surface area contributed by atoms with Crippen LogP contribution in [0.4, 0.5) is 0 Å². The van der Waals surface area contributed by atoms with Gasteiger partial charge in [0.1, 0.15) is 0 Å². The lowest BCUT2D eigenvalue weighted by Crippen LogP contribution is -2.26. The van der Waals surface area contributed by atoms with Gasteiger partial charge in [-0.15, -0.1) is 0 Å². The van der Waals surface area contributed by atoms with Gasteiger partial charge in [-0.25, -0.2) is 0 Å². The van der Waals surface area contributed by atoms with Crippen molar-refractivity contribution in [2.75, 3.05) is 0 Å². The predicted molar refractivity (Wildman–Crippen MR) is 56.2 cm³/mol. The highest BCUT2D eigenvalue weighted by Crippen LogP contribution is 2.31. The molecule has 1 nitrogen and oxygen atoms in total. The maximum absolute atomic E-state index is 9.81. The Balaban J connectivity index is 3.02. The van der Waals surface area contributed by atoms with Gasteiger partial charge in [-0.3, -0.25) is 0 Å². The first-order chi connectivity index (χ1) is 5.93. The van der Waals surface area contributed by atoms with Crippen molar-refractivity contribution in [2.45, 2.75) is 32.3 Å². The minimum atomic E-state index is -0.731. The Kier molecular flexibility index (Phi) is 2.99. The summed E-state index contributed by atoms with van der Waals surface area (Å²) in [6.07, 6.45) is 0. The molecule has 1 atom stereocenters. The van der Waals surface area contributed by atoms with Gasteiger partial charge < -0.3 is 5.11 Å². The van der Waals surface area contributed by atoms with Crippen LogP contribution in [0.3, 0.4) is 0 Å². The molecule has 0 aliphatic carbocycles. The van der Waals surface area contributed by atoms with Crippen LogP contribution in [0.25, 0.3) is 0 Å². The first-order valence-electron chi connectivity index (χ1n) is 4.39. The average molecular weight is 199 g/mol. The summed E-state index contributed by atoms with van der Waals surface area (Å²) < 4.78 is 0. The molecule has 0 amide bonds. The molecule has 0 bridgehead atoms. The van der Waals surface area contributed by atoms with Crippen LogP contribution < -0.4 is 0 Å². The summed E-state index contributed by atoms with van der Waals surface area (Å²) in [5, 5.41) is 10.5. The predicted octanol–water partition coefficient (Wildman–Crippen LogP) is 3.21. The molecule has 0 aliphatic heterocycles. The largest absolute Gasteiger partial charge is 0.390 e. The van der Waals surface area contributed by atoms with Gasteiger partial charge >= 0.3 is 0 Å². The fraction of sp³-hybridized carbons (Fsp3) is 0.455. The maximum Gasteiger partial charge on any atom is 0.0657 e. The third-order valence-corrected chi connectivity index (χ3v) is 2.78. The van der Waals surface area contributed by atoms with E-state index in [1.807, 2.05) is 31.2 Å². The van der Waals surface area contributed by atoms with Crippen molar-refractivity contribution in [1.29, 1.82) is 0 Å². The Morgan fingerprint density at radius 1 is 1.31 bits per heavy atom. The van der Waals surface area contributed by atoms with Gasteiger partial charge in [-0.1, -0.05) is 36.7 Å². The van der Waals surface area contributed by atoms with Crippen molar-refractivity contribution in [3.8, 4) is 0 Å². The third-order valence-electron chi connectivity index (χ3n) is 2.43. The topological polar surface area (TPSA) is 20.2 Å². The molecular weight excluding hydrogens is 184 g/mol. The number of halogens is 1. The van der Waals surface area contributed by atoms with E-state index in [1.165, 1.54) is 0 Å². The van der Waals surface area contributed by atoms with Crippen LogP contribution in [0.1, 0.15) is 32.3 Å². The molecule has 1 unspecified atom stereocenters. The molecule has 0 spiro atoms. The minimum Gasteiger partial charge on any atom is -0.390 e. The molecule has 0 aliphatic rings. The standard InChI is InChI=1S/C11H15ClO/c1-8(11(2,3)13)9-6-4-5-7-10(9)12/h4-8,13H,1-3H3. The van der Waals surface area contributed by atoms with Crippen LogP contribution in [-0.4, -0.2) is 10.7 Å². The van der Waals surface area contributed by atoms with Gasteiger partial charge in [0, 0.05) is 10.9 Å². The van der Waals surface area contributed by atoms with E-state index in [0.717, 1.165) is 10.6 Å². The van der Waals surface area contributed by atoms with Gasteiger partial charge in [-0.2, -0.15) is 0 Å². The van der Waals surface area contributed by atoms with E-state index in [9.17, 15) is 5.11 Å². The van der Waals surface area contributed by atoms with E-state index < -0.39 is 5.60 Å². The molecule has 0 aromatic heterocycles. The van der Waals surface area contributed by atoms with Gasteiger partial charge in [0.2, 0.25) is 0 Å². The summed E-state index contributed by atoms with van der Waals surface area (Å²) in [4.78, 5) is 0. The van der Waals surface area contributed by atoms with E-state index in [2.05, 4.69) is 0 Å². The van der Waals surface area contributed by atoms with Crippen molar-refractivity contribution in [3.05, 3.63) is 34.9 Å². The van der Waals surface area contributed by atoms with Gasteiger partial charge in [0.15, 0.2) is 0 Å². The number of rotatable bonds is 2. The van der Waals surface area contributed by atoms with Crippen molar-refractivity contribution >= 4 is 11.6 Å². The maximum atomic E-state index is 9.81. The number of benzene rings is 1. The van der Waals surface area contributed by atoms with Crippen LogP contribution in [0, 0.1) is 0 Å². The monoisotopic (exact) mass is 198 g/mol. The van der Waals surface area contributed by atoms with Gasteiger partial charge in [0.05, 0.1) is 5.60 Å². The summed E-state index contributed by atoms with van der Waals surface area (Å²) >= 11 is 6.01. The number of aliphatic hydroxyl groups is 1. The van der Waals surface area contributed by atoms with Crippen molar-refractivity contribution in [3.63, 3.8) is 0 Å². The van der Waals surface area contributed by atoms with E-state index in [1.54, 1.807) is 13.8 Å². The average Bonchev–Trinajstić information content (AvgIpc) is 2.02. The lowest BCUT2D eigenvalue weighted by molar-refractivity contribution is 0.0559. The first-order valence-corrected chi connectivity index (χ1v) is 4.77. The summed E-state index contributed by atoms with van der Waals surface area (Å²) in [5.74, 6) is 0.0428. The lowest BCUT2D eigenvalue weighted by atomic mass is 9.86. The molecule has 1 aromatic rings. The minimum absolute atomic E-state index is 0.0428. The zero-order chi connectivity index (χ0) is 10.1. The molecule has 0 heterocycles. The molecule has 1 N–H and O–H groups in total. The summed E-state index contributed by atoms with van der Waals surface area (Å²) in [6.45, 7) is 5.56. The van der Waals surface area contributed by atoms with Crippen LogP contribution in [0.5, 0.6) is 0 Å². The molecule has 0 saturated heterocycles. The highest BCUT2D eigenvalue weighted by molar-refractivity contribution is 6.31. The molecule has 1 aromatic carbocycles. The van der Waals surface area contributed by atoms with Crippen LogP contribution in [0.2, 0.25) is 5.02 Å². The fourth-order valence-corrected chi connectivity index (χ4v) is 1.51. The smallest absolute Gasteiger partial charge is 0.0657 e. The second-order valence-corrected chi connectivity index (χ2v) is 4.30. The Morgan fingerprint density at radius 3 is 2.31 bits per heavy atom. The van der Waals surface area contributed by atoms with E-state index in [4.69, 9.17) is 11.6 Å². The van der Waals surface area contributed by atoms with E-state index in [0.29, 0.717) is 0 Å². The second kappa shape index (κ2) is 3.69. The van der Waals surface area contributed by atoms with Gasteiger partial charge in [0.25, 0.3) is 0 Å². The van der Waals surface area contributed by atoms with Crippen molar-refractivity contribution in [1.82, 2.24) is 0 Å². The summed E-state index contributed by atoms with van der Waals surface area (Å²) in [6, 6.07) is 7.62. The Hall–Kier alpha value is -0.530.